The fourth-order valence-electron chi connectivity index (χ4n) is 4.33. The van der Waals surface area contributed by atoms with E-state index in [1.807, 2.05) is 13.1 Å². The lowest BCUT2D eigenvalue weighted by molar-refractivity contribution is -0.136. The van der Waals surface area contributed by atoms with Crippen molar-refractivity contribution in [2.24, 2.45) is 0 Å². The number of rotatable bonds is 6. The molecule has 0 radical (unpaired) electrons. The van der Waals surface area contributed by atoms with Gasteiger partial charge in [0.2, 0.25) is 11.8 Å². The minimum Gasteiger partial charge on any atom is -0.314 e. The lowest BCUT2D eigenvalue weighted by atomic mass is 10.0. The Kier molecular flexibility index (Phi) is 5.94. The van der Waals surface area contributed by atoms with Crippen molar-refractivity contribution in [3.8, 4) is 0 Å². The minimum absolute atomic E-state index is 0.116. The van der Waals surface area contributed by atoms with Crippen LogP contribution in [0.4, 0.5) is 0 Å². The minimum atomic E-state index is -0.937. The number of carbonyl (C=O) groups excluding carboxylic acids is 4. The van der Waals surface area contributed by atoms with Crippen LogP contribution in [0.25, 0.3) is 0 Å². The summed E-state index contributed by atoms with van der Waals surface area (Å²) in [5.74, 6) is -1.87. The molecular weight excluding hydrogens is 386 g/mol. The number of benzene rings is 1. The van der Waals surface area contributed by atoms with E-state index in [0.717, 1.165) is 49.7 Å². The molecule has 9 nitrogen and oxygen atoms in total. The Labute approximate surface area is 175 Å². The fourth-order valence-corrected chi connectivity index (χ4v) is 4.33. The molecule has 2 N–H and O–H groups in total. The van der Waals surface area contributed by atoms with Gasteiger partial charge in [-0.05, 0) is 25.1 Å². The van der Waals surface area contributed by atoms with Gasteiger partial charge >= 0.3 is 0 Å². The maximum atomic E-state index is 13.1. The van der Waals surface area contributed by atoms with Crippen LogP contribution >= 0.6 is 0 Å². The molecule has 2 saturated heterocycles. The number of piperidine rings is 1. The fraction of sp³-hybridized carbons (Fsp3) is 0.524. The molecule has 1 aromatic carbocycles. The molecule has 0 aromatic heterocycles. The van der Waals surface area contributed by atoms with Gasteiger partial charge in [-0.15, -0.1) is 0 Å². The largest absolute Gasteiger partial charge is 0.314 e. The second-order valence-corrected chi connectivity index (χ2v) is 8.12. The predicted octanol–water partition coefficient (Wildman–Crippen LogP) is -0.575. The first-order chi connectivity index (χ1) is 14.5. The predicted molar refractivity (Wildman–Crippen MR) is 109 cm³/mol. The average Bonchev–Trinajstić information content (AvgIpc) is 2.99. The lowest BCUT2D eigenvalue weighted by Crippen LogP contribution is -2.54. The van der Waals surface area contributed by atoms with E-state index >= 15 is 0 Å². The first-order valence-corrected chi connectivity index (χ1v) is 10.4. The summed E-state index contributed by atoms with van der Waals surface area (Å²) < 4.78 is 0. The van der Waals surface area contributed by atoms with E-state index in [1.165, 1.54) is 0 Å². The van der Waals surface area contributed by atoms with Crippen molar-refractivity contribution in [1.29, 1.82) is 0 Å². The summed E-state index contributed by atoms with van der Waals surface area (Å²) in [6.45, 7) is 6.40. The van der Waals surface area contributed by atoms with Gasteiger partial charge < -0.3 is 10.2 Å². The molecule has 160 valence electrons. The quantitative estimate of drug-likeness (QED) is 0.602. The number of hydrogen-bond acceptors (Lipinski definition) is 7. The van der Waals surface area contributed by atoms with E-state index in [4.69, 9.17) is 0 Å². The Morgan fingerprint density at radius 3 is 2.60 bits per heavy atom. The molecule has 1 unspecified atom stereocenters. The molecule has 3 heterocycles. The molecule has 3 aliphatic heterocycles. The Balaban J connectivity index is 1.47. The molecule has 0 saturated carbocycles. The van der Waals surface area contributed by atoms with Gasteiger partial charge in [-0.2, -0.15) is 0 Å². The zero-order valence-corrected chi connectivity index (χ0v) is 17.1. The molecular formula is C21H27N5O4. The topological polar surface area (TPSA) is 102 Å². The van der Waals surface area contributed by atoms with Crippen molar-refractivity contribution in [2.75, 3.05) is 46.3 Å². The van der Waals surface area contributed by atoms with Crippen LogP contribution in [0.2, 0.25) is 0 Å². The summed E-state index contributed by atoms with van der Waals surface area (Å²) in [5, 5.41) is 5.57. The summed E-state index contributed by atoms with van der Waals surface area (Å²) >= 11 is 0. The van der Waals surface area contributed by atoms with Crippen molar-refractivity contribution in [2.45, 2.75) is 25.4 Å². The van der Waals surface area contributed by atoms with Crippen LogP contribution in [0.5, 0.6) is 0 Å². The molecule has 1 atom stereocenters. The third kappa shape index (κ3) is 4.00. The van der Waals surface area contributed by atoms with Gasteiger partial charge in [-0.3, -0.25) is 34.3 Å². The van der Waals surface area contributed by atoms with E-state index in [9.17, 15) is 19.2 Å². The van der Waals surface area contributed by atoms with Crippen LogP contribution < -0.4 is 10.6 Å². The summed E-state index contributed by atoms with van der Waals surface area (Å²) in [7, 11) is 2.00. The summed E-state index contributed by atoms with van der Waals surface area (Å²) in [6, 6.07) is 4.33. The number of carbonyl (C=O) groups is 4. The van der Waals surface area contributed by atoms with Crippen LogP contribution in [-0.4, -0.2) is 90.7 Å². The highest BCUT2D eigenvalue weighted by atomic mass is 16.2. The highest BCUT2D eigenvalue weighted by Crippen LogP contribution is 2.30. The van der Waals surface area contributed by atoms with E-state index < -0.39 is 23.8 Å². The molecule has 30 heavy (non-hydrogen) atoms. The van der Waals surface area contributed by atoms with Gasteiger partial charge in [0.1, 0.15) is 6.04 Å². The van der Waals surface area contributed by atoms with Gasteiger partial charge in [0.15, 0.2) is 0 Å². The van der Waals surface area contributed by atoms with E-state index in [2.05, 4.69) is 20.4 Å². The molecule has 2 fully saturated rings. The van der Waals surface area contributed by atoms with Crippen molar-refractivity contribution in [3.05, 3.63) is 34.9 Å². The Hall–Kier alpha value is -2.62. The lowest BCUT2D eigenvalue weighted by Gasteiger charge is -2.29. The number of imide groups is 2. The third-order valence-electron chi connectivity index (χ3n) is 6.00. The van der Waals surface area contributed by atoms with Gasteiger partial charge in [-0.1, -0.05) is 12.1 Å². The molecule has 3 aliphatic rings. The third-order valence-corrected chi connectivity index (χ3v) is 6.00. The van der Waals surface area contributed by atoms with Gasteiger partial charge in [0.25, 0.3) is 11.8 Å². The summed E-state index contributed by atoms with van der Waals surface area (Å²) in [4.78, 5) is 55.3. The van der Waals surface area contributed by atoms with E-state index in [0.29, 0.717) is 17.7 Å². The molecule has 1 aromatic rings. The number of nitrogens with zero attached hydrogens (tertiary/aromatic N) is 3. The first-order valence-electron chi connectivity index (χ1n) is 10.4. The molecule has 0 bridgehead atoms. The SMILES string of the molecule is CN(CCN1CCNCC1)Cc1cccc2c1C(=O)N(C1CCC(=O)NC1=O)C2=O. The average molecular weight is 413 g/mol. The van der Waals surface area contributed by atoms with Crippen molar-refractivity contribution < 1.29 is 19.2 Å². The number of amides is 4. The van der Waals surface area contributed by atoms with Crippen LogP contribution in [0.1, 0.15) is 39.1 Å². The Morgan fingerprint density at radius 1 is 1.10 bits per heavy atom. The highest BCUT2D eigenvalue weighted by molar-refractivity contribution is 6.24. The maximum absolute atomic E-state index is 13.1. The molecule has 4 rings (SSSR count). The number of nitrogens with one attached hydrogen (secondary N) is 2. The smallest absolute Gasteiger partial charge is 0.262 e. The molecule has 9 heteroatoms. The van der Waals surface area contributed by atoms with E-state index in [-0.39, 0.29) is 18.7 Å². The number of likely N-dealkylation sites (N-methyl/N-ethyl adjacent to an activating group) is 1. The van der Waals surface area contributed by atoms with E-state index in [1.54, 1.807) is 12.1 Å². The zero-order chi connectivity index (χ0) is 21.3. The maximum Gasteiger partial charge on any atom is 0.262 e. The van der Waals surface area contributed by atoms with Gasteiger partial charge in [0.05, 0.1) is 11.1 Å². The van der Waals surface area contributed by atoms with Crippen molar-refractivity contribution in [3.63, 3.8) is 0 Å². The highest BCUT2D eigenvalue weighted by Gasteiger charge is 2.45. The summed E-state index contributed by atoms with van der Waals surface area (Å²) in [5.41, 5.74) is 1.49. The molecule has 4 amide bonds. The van der Waals surface area contributed by atoms with Crippen LogP contribution in [0.15, 0.2) is 18.2 Å². The second kappa shape index (κ2) is 8.63. The number of hydrogen-bond donors (Lipinski definition) is 2. The van der Waals surface area contributed by atoms with Crippen LogP contribution in [0.3, 0.4) is 0 Å². The van der Waals surface area contributed by atoms with Gasteiger partial charge in [0, 0.05) is 52.2 Å². The number of fused-ring (bicyclic) bond motifs is 1. The normalized spacial score (nSPS) is 22.6. The molecule has 0 spiro atoms. The summed E-state index contributed by atoms with van der Waals surface area (Å²) in [6.07, 6.45) is 0.279. The zero-order valence-electron chi connectivity index (χ0n) is 17.1. The standard InChI is InChI=1S/C21H27N5O4/c1-24(11-12-25-9-7-22-8-10-25)13-14-3-2-4-15-18(14)21(30)26(20(15)29)16-5-6-17(27)23-19(16)28/h2-4,16,22H,5-13H2,1H3,(H,23,27,28). The second-order valence-electron chi connectivity index (χ2n) is 8.12. The molecule has 0 aliphatic carbocycles. The first kappa shape index (κ1) is 20.6. The van der Waals surface area contributed by atoms with Crippen LogP contribution in [-0.2, 0) is 16.1 Å². The van der Waals surface area contributed by atoms with Crippen molar-refractivity contribution >= 4 is 23.6 Å². The number of piperazine rings is 1. The van der Waals surface area contributed by atoms with Crippen LogP contribution in [0, 0.1) is 0 Å². The Morgan fingerprint density at radius 2 is 1.87 bits per heavy atom. The Bertz CT molecular complexity index is 880. The van der Waals surface area contributed by atoms with Crippen molar-refractivity contribution in [1.82, 2.24) is 25.3 Å². The van der Waals surface area contributed by atoms with Gasteiger partial charge in [-0.25, -0.2) is 0 Å². The monoisotopic (exact) mass is 413 g/mol.